The molecule has 0 atom stereocenters. The van der Waals surface area contributed by atoms with Gasteiger partial charge >= 0.3 is 0 Å². The van der Waals surface area contributed by atoms with Crippen molar-refractivity contribution in [3.05, 3.63) is 60.7 Å². The Labute approximate surface area is 131 Å². The molecule has 0 fully saturated rings. The van der Waals surface area contributed by atoms with Crippen molar-refractivity contribution in [3.8, 4) is 10.6 Å². The molecule has 0 spiro atoms. The van der Waals surface area contributed by atoms with Gasteiger partial charge < -0.3 is 10.6 Å². The van der Waals surface area contributed by atoms with Crippen LogP contribution in [-0.2, 0) is 0 Å². The van der Waals surface area contributed by atoms with E-state index in [1.807, 2.05) is 60.7 Å². The van der Waals surface area contributed by atoms with Crippen molar-refractivity contribution in [1.29, 1.82) is 0 Å². The van der Waals surface area contributed by atoms with Gasteiger partial charge in [-0.05, 0) is 24.4 Å². The van der Waals surface area contributed by atoms with Crippen molar-refractivity contribution in [2.75, 3.05) is 10.6 Å². The van der Waals surface area contributed by atoms with Crippen LogP contribution in [0.15, 0.2) is 60.7 Å². The molecule has 0 radical (unpaired) electrons. The third-order valence-electron chi connectivity index (χ3n) is 2.70. The number of rotatable bonds is 3. The van der Waals surface area contributed by atoms with Crippen LogP contribution in [0.25, 0.3) is 10.6 Å². The van der Waals surface area contributed by atoms with E-state index in [4.69, 9.17) is 12.2 Å². The molecule has 4 nitrogen and oxygen atoms in total. The molecule has 21 heavy (non-hydrogen) atoms. The van der Waals surface area contributed by atoms with Crippen molar-refractivity contribution < 1.29 is 0 Å². The standard InChI is InChI=1S/C15H12N4S2/c20-14(16-12-9-5-2-6-10-12)17-15-19-18-13(21-15)11-7-3-1-4-8-11/h1-10H,(H2,16,17,19,20). The summed E-state index contributed by atoms with van der Waals surface area (Å²) in [7, 11) is 0. The number of hydrogen-bond acceptors (Lipinski definition) is 4. The number of nitrogens with one attached hydrogen (secondary N) is 2. The van der Waals surface area contributed by atoms with E-state index in [1.54, 1.807) is 0 Å². The van der Waals surface area contributed by atoms with Gasteiger partial charge in [-0.1, -0.05) is 59.9 Å². The lowest BCUT2D eigenvalue weighted by molar-refractivity contribution is 1.10. The highest BCUT2D eigenvalue weighted by Gasteiger charge is 2.07. The molecule has 1 heterocycles. The van der Waals surface area contributed by atoms with Crippen molar-refractivity contribution in [3.63, 3.8) is 0 Å². The fourth-order valence-electron chi connectivity index (χ4n) is 1.75. The number of hydrogen-bond donors (Lipinski definition) is 2. The molecule has 6 heteroatoms. The molecule has 0 unspecified atom stereocenters. The van der Waals surface area contributed by atoms with Crippen LogP contribution in [0.4, 0.5) is 10.8 Å². The van der Waals surface area contributed by atoms with Gasteiger partial charge in [0.25, 0.3) is 0 Å². The Balaban J connectivity index is 1.66. The summed E-state index contributed by atoms with van der Waals surface area (Å²) in [4.78, 5) is 0. The van der Waals surface area contributed by atoms with Crippen LogP contribution < -0.4 is 10.6 Å². The second kappa shape index (κ2) is 6.43. The Morgan fingerprint density at radius 3 is 2.24 bits per heavy atom. The fourth-order valence-corrected chi connectivity index (χ4v) is 2.78. The maximum absolute atomic E-state index is 5.26. The van der Waals surface area contributed by atoms with Gasteiger partial charge in [0.2, 0.25) is 5.13 Å². The number of nitrogens with zero attached hydrogens (tertiary/aromatic N) is 2. The zero-order valence-corrected chi connectivity index (χ0v) is 12.6. The Bertz CT molecular complexity index is 726. The summed E-state index contributed by atoms with van der Waals surface area (Å²) in [5, 5.41) is 16.4. The van der Waals surface area contributed by atoms with Gasteiger partial charge in [-0.25, -0.2) is 0 Å². The fraction of sp³-hybridized carbons (Fsp3) is 0. The summed E-state index contributed by atoms with van der Waals surface area (Å²) >= 11 is 6.72. The molecular weight excluding hydrogens is 300 g/mol. The molecule has 104 valence electrons. The Morgan fingerprint density at radius 1 is 0.857 bits per heavy atom. The van der Waals surface area contributed by atoms with Crippen molar-refractivity contribution >= 4 is 39.5 Å². The van der Waals surface area contributed by atoms with Crippen LogP contribution in [0, 0.1) is 0 Å². The topological polar surface area (TPSA) is 49.8 Å². The van der Waals surface area contributed by atoms with Crippen LogP contribution in [0.5, 0.6) is 0 Å². The average molecular weight is 312 g/mol. The van der Waals surface area contributed by atoms with E-state index in [1.165, 1.54) is 11.3 Å². The number of aromatic nitrogens is 2. The lowest BCUT2D eigenvalue weighted by Crippen LogP contribution is -2.18. The summed E-state index contributed by atoms with van der Waals surface area (Å²) < 4.78 is 0. The van der Waals surface area contributed by atoms with Gasteiger partial charge in [-0.2, -0.15) is 0 Å². The first-order valence-electron chi connectivity index (χ1n) is 6.33. The summed E-state index contributed by atoms with van der Waals surface area (Å²) in [6.45, 7) is 0. The molecule has 2 N–H and O–H groups in total. The van der Waals surface area contributed by atoms with Gasteiger partial charge in [-0.15, -0.1) is 10.2 Å². The highest BCUT2D eigenvalue weighted by molar-refractivity contribution is 7.80. The average Bonchev–Trinajstić information content (AvgIpc) is 2.97. The molecule has 0 aliphatic carbocycles. The lowest BCUT2D eigenvalue weighted by Gasteiger charge is -2.07. The van der Waals surface area contributed by atoms with E-state index >= 15 is 0 Å². The third-order valence-corrected chi connectivity index (χ3v) is 3.79. The van der Waals surface area contributed by atoms with E-state index in [0.717, 1.165) is 16.3 Å². The van der Waals surface area contributed by atoms with E-state index in [-0.39, 0.29) is 0 Å². The van der Waals surface area contributed by atoms with Crippen LogP contribution in [0.2, 0.25) is 0 Å². The predicted molar refractivity (Wildman–Crippen MR) is 91.6 cm³/mol. The first-order valence-corrected chi connectivity index (χ1v) is 7.56. The van der Waals surface area contributed by atoms with Gasteiger partial charge in [0.05, 0.1) is 0 Å². The normalized spacial score (nSPS) is 10.1. The summed E-state index contributed by atoms with van der Waals surface area (Å²) in [5.74, 6) is 0. The van der Waals surface area contributed by atoms with Crippen molar-refractivity contribution in [2.45, 2.75) is 0 Å². The quantitative estimate of drug-likeness (QED) is 0.716. The molecule has 0 aliphatic heterocycles. The monoisotopic (exact) mass is 312 g/mol. The molecule has 0 aliphatic rings. The molecule has 0 saturated heterocycles. The molecule has 0 saturated carbocycles. The molecule has 3 aromatic rings. The van der Waals surface area contributed by atoms with Gasteiger partial charge in [0, 0.05) is 11.3 Å². The maximum atomic E-state index is 5.26. The number of para-hydroxylation sites is 1. The summed E-state index contributed by atoms with van der Waals surface area (Å²) in [5.41, 5.74) is 1.98. The molecule has 1 aromatic heterocycles. The van der Waals surface area contributed by atoms with E-state index < -0.39 is 0 Å². The first kappa shape index (κ1) is 13.7. The number of benzene rings is 2. The second-order valence-electron chi connectivity index (χ2n) is 4.22. The zero-order chi connectivity index (χ0) is 14.5. The van der Waals surface area contributed by atoms with Gasteiger partial charge in [0.1, 0.15) is 5.01 Å². The minimum absolute atomic E-state index is 0.497. The van der Waals surface area contributed by atoms with Crippen molar-refractivity contribution in [1.82, 2.24) is 10.2 Å². The highest BCUT2D eigenvalue weighted by atomic mass is 32.1. The van der Waals surface area contributed by atoms with Crippen LogP contribution in [-0.4, -0.2) is 15.3 Å². The zero-order valence-electron chi connectivity index (χ0n) is 11.0. The van der Waals surface area contributed by atoms with E-state index in [0.29, 0.717) is 10.2 Å². The van der Waals surface area contributed by atoms with Crippen LogP contribution in [0.3, 0.4) is 0 Å². The molecule has 2 aromatic carbocycles. The minimum atomic E-state index is 0.497. The second-order valence-corrected chi connectivity index (χ2v) is 5.61. The SMILES string of the molecule is S=C(Nc1ccccc1)Nc1nnc(-c2ccccc2)s1. The molecular formula is C15H12N4S2. The summed E-state index contributed by atoms with van der Waals surface area (Å²) in [6.07, 6.45) is 0. The molecule has 0 bridgehead atoms. The highest BCUT2D eigenvalue weighted by Crippen LogP contribution is 2.25. The smallest absolute Gasteiger partial charge is 0.212 e. The minimum Gasteiger partial charge on any atom is -0.332 e. The lowest BCUT2D eigenvalue weighted by atomic mass is 10.2. The molecule has 0 amide bonds. The number of anilines is 2. The van der Waals surface area contributed by atoms with Crippen LogP contribution in [0.1, 0.15) is 0 Å². The van der Waals surface area contributed by atoms with Crippen molar-refractivity contribution in [2.24, 2.45) is 0 Å². The Hall–Kier alpha value is -2.31. The first-order chi connectivity index (χ1) is 10.3. The largest absolute Gasteiger partial charge is 0.332 e. The van der Waals surface area contributed by atoms with Gasteiger partial charge in [0.15, 0.2) is 5.11 Å². The van der Waals surface area contributed by atoms with Gasteiger partial charge in [-0.3, -0.25) is 0 Å². The maximum Gasteiger partial charge on any atom is 0.212 e. The van der Waals surface area contributed by atoms with E-state index in [9.17, 15) is 0 Å². The molecule has 3 rings (SSSR count). The summed E-state index contributed by atoms with van der Waals surface area (Å²) in [6, 6.07) is 19.7. The van der Waals surface area contributed by atoms with Crippen LogP contribution >= 0.6 is 23.6 Å². The van der Waals surface area contributed by atoms with E-state index in [2.05, 4.69) is 20.8 Å². The Morgan fingerprint density at radius 2 is 1.52 bits per heavy atom. The Kier molecular flexibility index (Phi) is 4.18. The number of thiocarbonyl (C=S) groups is 1. The third kappa shape index (κ3) is 3.62. The predicted octanol–water partition coefficient (Wildman–Crippen LogP) is 4.01.